The van der Waals surface area contributed by atoms with Gasteiger partial charge < -0.3 is 5.11 Å². The van der Waals surface area contributed by atoms with Crippen LogP contribution in [0.1, 0.15) is 25.3 Å². The van der Waals surface area contributed by atoms with Crippen molar-refractivity contribution in [2.45, 2.75) is 32.4 Å². The number of likely N-dealkylation sites (tertiary alicyclic amines) is 1. The van der Waals surface area contributed by atoms with E-state index in [4.69, 9.17) is 0 Å². The molecule has 0 radical (unpaired) electrons. The summed E-state index contributed by atoms with van der Waals surface area (Å²) in [6.07, 6.45) is 2.09. The Balaban J connectivity index is 1.89. The molecule has 1 aromatic carbocycles. The number of β-amino-alcohol motifs (C(OH)–C–C–N with tert-alkyl or cyclic N) is 1. The zero-order valence-corrected chi connectivity index (χ0v) is 9.97. The molecule has 0 aromatic heterocycles. The molecule has 0 spiro atoms. The number of aliphatic hydroxyl groups is 1. The molecule has 88 valence electrons. The summed E-state index contributed by atoms with van der Waals surface area (Å²) < 4.78 is 0. The van der Waals surface area contributed by atoms with Crippen LogP contribution < -0.4 is 0 Å². The lowest BCUT2D eigenvalue weighted by Gasteiger charge is -2.35. The average Bonchev–Trinajstić information content (AvgIpc) is 2.31. The molecular formula is C14H21NO. The molecule has 16 heavy (non-hydrogen) atoms. The second-order valence-electron chi connectivity index (χ2n) is 4.75. The van der Waals surface area contributed by atoms with Crippen LogP contribution in [0.15, 0.2) is 30.3 Å². The van der Waals surface area contributed by atoms with E-state index in [2.05, 4.69) is 36.1 Å². The fraction of sp³-hybridized carbons (Fsp3) is 0.571. The van der Waals surface area contributed by atoms with Crippen molar-refractivity contribution in [3.8, 4) is 0 Å². The van der Waals surface area contributed by atoms with E-state index in [1.807, 2.05) is 6.07 Å². The quantitative estimate of drug-likeness (QED) is 0.843. The molecule has 2 nitrogen and oxygen atoms in total. The Morgan fingerprint density at radius 1 is 1.31 bits per heavy atom. The lowest BCUT2D eigenvalue weighted by atomic mass is 9.91. The summed E-state index contributed by atoms with van der Waals surface area (Å²) >= 11 is 0. The van der Waals surface area contributed by atoms with Crippen LogP contribution in [0.4, 0.5) is 0 Å². The van der Waals surface area contributed by atoms with Crippen LogP contribution in [0.25, 0.3) is 0 Å². The van der Waals surface area contributed by atoms with Crippen molar-refractivity contribution in [1.29, 1.82) is 0 Å². The Hall–Kier alpha value is -0.860. The summed E-state index contributed by atoms with van der Waals surface area (Å²) in [5.74, 6) is 0.507. The largest absolute Gasteiger partial charge is 0.392 e. The van der Waals surface area contributed by atoms with Gasteiger partial charge >= 0.3 is 0 Å². The number of piperidine rings is 1. The van der Waals surface area contributed by atoms with Crippen molar-refractivity contribution in [3.63, 3.8) is 0 Å². The minimum Gasteiger partial charge on any atom is -0.392 e. The molecule has 1 fully saturated rings. The Morgan fingerprint density at radius 2 is 2.06 bits per heavy atom. The van der Waals surface area contributed by atoms with Crippen LogP contribution in [0, 0.1) is 5.92 Å². The molecule has 0 aliphatic carbocycles. The van der Waals surface area contributed by atoms with Crippen LogP contribution in [-0.4, -0.2) is 29.2 Å². The number of hydrogen-bond donors (Lipinski definition) is 1. The summed E-state index contributed by atoms with van der Waals surface area (Å²) in [6.45, 7) is 5.08. The SMILES string of the molecule is CC[C@@H]1CCN(Cc2ccccc2)C[C@H]1O. The summed E-state index contributed by atoms with van der Waals surface area (Å²) in [6, 6.07) is 10.5. The zero-order valence-electron chi connectivity index (χ0n) is 9.97. The van der Waals surface area contributed by atoms with Crippen molar-refractivity contribution in [2.75, 3.05) is 13.1 Å². The Morgan fingerprint density at radius 3 is 2.69 bits per heavy atom. The van der Waals surface area contributed by atoms with Gasteiger partial charge in [0, 0.05) is 13.1 Å². The molecule has 1 aliphatic rings. The molecule has 1 heterocycles. The number of rotatable bonds is 3. The van der Waals surface area contributed by atoms with E-state index in [-0.39, 0.29) is 6.10 Å². The van der Waals surface area contributed by atoms with Crippen molar-refractivity contribution in [3.05, 3.63) is 35.9 Å². The van der Waals surface area contributed by atoms with Crippen LogP contribution in [0.2, 0.25) is 0 Å². The van der Waals surface area contributed by atoms with E-state index in [1.165, 1.54) is 5.56 Å². The molecule has 2 heteroatoms. The normalized spacial score (nSPS) is 26.9. The second kappa shape index (κ2) is 5.46. The Kier molecular flexibility index (Phi) is 3.97. The van der Waals surface area contributed by atoms with Crippen LogP contribution >= 0.6 is 0 Å². The summed E-state index contributed by atoms with van der Waals surface area (Å²) in [7, 11) is 0. The highest BCUT2D eigenvalue weighted by atomic mass is 16.3. The lowest BCUT2D eigenvalue weighted by Crippen LogP contribution is -2.43. The van der Waals surface area contributed by atoms with Gasteiger partial charge in [0.15, 0.2) is 0 Å². The van der Waals surface area contributed by atoms with E-state index < -0.39 is 0 Å². The summed E-state index contributed by atoms with van der Waals surface area (Å²) in [5, 5.41) is 9.98. The number of hydrogen-bond acceptors (Lipinski definition) is 2. The van der Waals surface area contributed by atoms with Gasteiger partial charge in [-0.05, 0) is 24.4 Å². The molecule has 0 bridgehead atoms. The van der Waals surface area contributed by atoms with Gasteiger partial charge in [0.25, 0.3) is 0 Å². The first-order valence-corrected chi connectivity index (χ1v) is 6.24. The van der Waals surface area contributed by atoms with Crippen LogP contribution in [0.3, 0.4) is 0 Å². The van der Waals surface area contributed by atoms with Crippen molar-refractivity contribution < 1.29 is 5.11 Å². The van der Waals surface area contributed by atoms with E-state index in [0.717, 1.165) is 32.5 Å². The maximum Gasteiger partial charge on any atom is 0.0695 e. The highest BCUT2D eigenvalue weighted by Crippen LogP contribution is 2.21. The van der Waals surface area contributed by atoms with E-state index in [9.17, 15) is 5.11 Å². The fourth-order valence-electron chi connectivity index (χ4n) is 2.51. The molecular weight excluding hydrogens is 198 g/mol. The molecule has 1 aromatic rings. The highest BCUT2D eigenvalue weighted by molar-refractivity contribution is 5.14. The Bertz CT molecular complexity index is 312. The first-order chi connectivity index (χ1) is 7.79. The third-order valence-electron chi connectivity index (χ3n) is 3.58. The maximum atomic E-state index is 9.98. The van der Waals surface area contributed by atoms with E-state index in [1.54, 1.807) is 0 Å². The molecule has 0 saturated carbocycles. The third kappa shape index (κ3) is 2.83. The predicted molar refractivity (Wildman–Crippen MR) is 66.1 cm³/mol. The topological polar surface area (TPSA) is 23.5 Å². The standard InChI is InChI=1S/C14H21NO/c1-2-13-8-9-15(11-14(13)16)10-12-6-4-3-5-7-12/h3-7,13-14,16H,2,8-11H2,1H3/t13-,14-/m1/s1. The van der Waals surface area contributed by atoms with Gasteiger partial charge in [-0.1, -0.05) is 43.7 Å². The monoisotopic (exact) mass is 219 g/mol. The molecule has 1 N–H and O–H groups in total. The predicted octanol–water partition coefficient (Wildman–Crippen LogP) is 2.28. The van der Waals surface area contributed by atoms with Crippen LogP contribution in [-0.2, 0) is 6.54 Å². The van der Waals surface area contributed by atoms with Crippen molar-refractivity contribution >= 4 is 0 Å². The molecule has 2 atom stereocenters. The van der Waals surface area contributed by atoms with Crippen LogP contribution in [0.5, 0.6) is 0 Å². The van der Waals surface area contributed by atoms with Crippen molar-refractivity contribution in [1.82, 2.24) is 4.90 Å². The van der Waals surface area contributed by atoms with Gasteiger partial charge in [0.05, 0.1) is 6.10 Å². The lowest BCUT2D eigenvalue weighted by molar-refractivity contribution is 0.0172. The van der Waals surface area contributed by atoms with Gasteiger partial charge in [0.1, 0.15) is 0 Å². The molecule has 2 rings (SSSR count). The Labute approximate surface area is 97.9 Å². The smallest absolute Gasteiger partial charge is 0.0695 e. The minimum absolute atomic E-state index is 0.137. The minimum atomic E-state index is -0.137. The number of aliphatic hydroxyl groups excluding tert-OH is 1. The molecule has 1 saturated heterocycles. The molecule has 0 unspecified atom stereocenters. The summed E-state index contributed by atoms with van der Waals surface area (Å²) in [5.41, 5.74) is 1.34. The van der Waals surface area contributed by atoms with Gasteiger partial charge in [-0.2, -0.15) is 0 Å². The molecule has 0 amide bonds. The highest BCUT2D eigenvalue weighted by Gasteiger charge is 2.25. The van der Waals surface area contributed by atoms with Gasteiger partial charge in [0.2, 0.25) is 0 Å². The number of benzene rings is 1. The summed E-state index contributed by atoms with van der Waals surface area (Å²) in [4.78, 5) is 2.35. The first kappa shape index (κ1) is 11.6. The maximum absolute atomic E-state index is 9.98. The zero-order chi connectivity index (χ0) is 11.4. The van der Waals surface area contributed by atoms with E-state index in [0.29, 0.717) is 5.92 Å². The third-order valence-corrected chi connectivity index (χ3v) is 3.58. The van der Waals surface area contributed by atoms with Gasteiger partial charge in [-0.15, -0.1) is 0 Å². The first-order valence-electron chi connectivity index (χ1n) is 6.24. The van der Waals surface area contributed by atoms with Crippen molar-refractivity contribution in [2.24, 2.45) is 5.92 Å². The molecule has 1 aliphatic heterocycles. The van der Waals surface area contributed by atoms with E-state index >= 15 is 0 Å². The average molecular weight is 219 g/mol. The fourth-order valence-corrected chi connectivity index (χ4v) is 2.51. The van der Waals surface area contributed by atoms with Gasteiger partial charge in [-0.3, -0.25) is 4.90 Å². The number of nitrogens with zero attached hydrogens (tertiary/aromatic N) is 1. The second-order valence-corrected chi connectivity index (χ2v) is 4.75. The van der Waals surface area contributed by atoms with Gasteiger partial charge in [-0.25, -0.2) is 0 Å².